The van der Waals surface area contributed by atoms with Crippen molar-refractivity contribution in [2.45, 2.75) is 18.2 Å². The first kappa shape index (κ1) is 16.5. The highest BCUT2D eigenvalue weighted by Gasteiger charge is 2.20. The molecular weight excluding hydrogens is 316 g/mol. The molecule has 0 fully saturated rings. The van der Waals surface area contributed by atoms with Crippen LogP contribution in [0.3, 0.4) is 0 Å². The van der Waals surface area contributed by atoms with E-state index in [1.165, 1.54) is 18.2 Å². The van der Waals surface area contributed by atoms with Crippen molar-refractivity contribution in [3.63, 3.8) is 0 Å². The van der Waals surface area contributed by atoms with Crippen LogP contribution in [-0.4, -0.2) is 14.3 Å². The topological polar surface area (TPSA) is 96.3 Å². The van der Waals surface area contributed by atoms with Crippen LogP contribution < -0.4 is 9.50 Å². The third-order valence-corrected chi connectivity index (χ3v) is 4.32. The number of benzene rings is 2. The summed E-state index contributed by atoms with van der Waals surface area (Å²) in [5.41, 5.74) is 0.769. The van der Waals surface area contributed by atoms with E-state index in [1.54, 1.807) is 43.3 Å². The molecule has 2 aromatic rings. The van der Waals surface area contributed by atoms with E-state index in [0.29, 0.717) is 5.56 Å². The first-order valence-corrected chi connectivity index (χ1v) is 8.10. The molecule has 0 aliphatic rings. The van der Waals surface area contributed by atoms with Gasteiger partial charge in [0.15, 0.2) is 0 Å². The Labute approximate surface area is 134 Å². The maximum atomic E-state index is 12.4. The Balaban J connectivity index is 2.31. The van der Waals surface area contributed by atoms with E-state index in [0.717, 1.165) is 0 Å². The molecule has 23 heavy (non-hydrogen) atoms. The van der Waals surface area contributed by atoms with Crippen LogP contribution in [0.1, 0.15) is 12.0 Å². The molecule has 2 rings (SSSR count). The molecule has 0 saturated heterocycles. The van der Waals surface area contributed by atoms with Gasteiger partial charge < -0.3 is 9.50 Å². The van der Waals surface area contributed by atoms with Gasteiger partial charge in [0.25, 0.3) is 0 Å². The Morgan fingerprint density at radius 2 is 1.91 bits per heavy atom. The van der Waals surface area contributed by atoms with Gasteiger partial charge in [0.05, 0.1) is 6.07 Å². The molecule has 2 aromatic carbocycles. The number of nitriles is 1. The number of carbonyl (C=O) groups is 1. The number of rotatable bonds is 5. The van der Waals surface area contributed by atoms with Crippen LogP contribution in [0.2, 0.25) is 0 Å². The van der Waals surface area contributed by atoms with E-state index >= 15 is 0 Å². The van der Waals surface area contributed by atoms with Gasteiger partial charge in [-0.05, 0) is 36.8 Å². The average Bonchev–Trinajstić information content (AvgIpc) is 2.50. The number of hydrogen-bond donors (Lipinski definition) is 1. The molecule has 1 N–H and O–H groups in total. The molecule has 0 aliphatic carbocycles. The summed E-state index contributed by atoms with van der Waals surface area (Å²) in [5, 5.41) is 10.9. The Hall–Kier alpha value is -2.85. The fraction of sp³-hybridized carbons (Fsp3) is 0.125. The van der Waals surface area contributed by atoms with Gasteiger partial charge in [0.2, 0.25) is 5.91 Å². The lowest BCUT2D eigenvalue weighted by Crippen LogP contribution is -2.14. The van der Waals surface area contributed by atoms with Crippen LogP contribution in [-0.2, 0) is 14.9 Å². The number of para-hydroxylation sites is 1. The van der Waals surface area contributed by atoms with Gasteiger partial charge >= 0.3 is 10.1 Å². The summed E-state index contributed by atoms with van der Waals surface area (Å²) in [6.45, 7) is 1.63. The van der Waals surface area contributed by atoms with Crippen LogP contribution >= 0.6 is 0 Å². The summed E-state index contributed by atoms with van der Waals surface area (Å²) in [7, 11) is -4.03. The van der Waals surface area contributed by atoms with Crippen molar-refractivity contribution in [1.82, 2.24) is 0 Å². The van der Waals surface area contributed by atoms with Crippen molar-refractivity contribution >= 4 is 21.7 Å². The fourth-order valence-electron chi connectivity index (χ4n) is 1.87. The van der Waals surface area contributed by atoms with Gasteiger partial charge in [-0.3, -0.25) is 4.79 Å². The molecule has 0 saturated carbocycles. The zero-order chi connectivity index (χ0) is 16.9. The summed E-state index contributed by atoms with van der Waals surface area (Å²) in [6.07, 6.45) is -0.309. The molecule has 0 atom stereocenters. The summed E-state index contributed by atoms with van der Waals surface area (Å²) in [6, 6.07) is 14.3. The average molecular weight is 330 g/mol. The smallest absolute Gasteiger partial charge is 0.339 e. The standard InChI is InChI=1S/C16H14N2O4S/c1-12-7-8-13(18-16(19)9-10-17)11-15(12)23(20,21)22-14-5-3-2-4-6-14/h2-8,11H,9H2,1H3,(H,18,19). The molecular formula is C16H14N2O4S. The SMILES string of the molecule is Cc1ccc(NC(=O)CC#N)cc1S(=O)(=O)Oc1ccccc1. The molecule has 0 aromatic heterocycles. The van der Waals surface area contributed by atoms with Crippen LogP contribution in [0.4, 0.5) is 5.69 Å². The van der Waals surface area contributed by atoms with E-state index in [-0.39, 0.29) is 22.8 Å². The van der Waals surface area contributed by atoms with Crippen molar-refractivity contribution in [3.05, 3.63) is 54.1 Å². The van der Waals surface area contributed by atoms with Crippen molar-refractivity contribution in [2.75, 3.05) is 5.32 Å². The van der Waals surface area contributed by atoms with E-state index in [4.69, 9.17) is 9.44 Å². The number of aryl methyl sites for hydroxylation is 1. The molecule has 6 nitrogen and oxygen atoms in total. The number of hydrogen-bond acceptors (Lipinski definition) is 5. The molecule has 0 unspecified atom stereocenters. The van der Waals surface area contributed by atoms with Crippen molar-refractivity contribution in [1.29, 1.82) is 5.26 Å². The predicted octanol–water partition coefficient (Wildman–Crippen LogP) is 2.61. The van der Waals surface area contributed by atoms with Gasteiger partial charge in [0.1, 0.15) is 17.1 Å². The zero-order valence-corrected chi connectivity index (χ0v) is 13.1. The summed E-state index contributed by atoms with van der Waals surface area (Å²) >= 11 is 0. The third-order valence-electron chi connectivity index (χ3n) is 2.93. The number of anilines is 1. The number of nitrogens with zero attached hydrogens (tertiary/aromatic N) is 1. The molecule has 0 bridgehead atoms. The second-order valence-corrected chi connectivity index (χ2v) is 6.23. The minimum absolute atomic E-state index is 0.0453. The second-order valence-electron chi connectivity index (χ2n) is 4.71. The summed E-state index contributed by atoms with van der Waals surface area (Å²) < 4.78 is 29.9. The van der Waals surface area contributed by atoms with Crippen LogP contribution in [0.5, 0.6) is 5.75 Å². The Morgan fingerprint density at radius 3 is 2.57 bits per heavy atom. The highest BCUT2D eigenvalue weighted by molar-refractivity contribution is 7.87. The molecule has 0 heterocycles. The lowest BCUT2D eigenvalue weighted by atomic mass is 10.2. The predicted molar refractivity (Wildman–Crippen MR) is 84.3 cm³/mol. The number of carbonyl (C=O) groups excluding carboxylic acids is 1. The normalized spacial score (nSPS) is 10.6. The van der Waals surface area contributed by atoms with E-state index < -0.39 is 16.0 Å². The monoisotopic (exact) mass is 330 g/mol. The van der Waals surface area contributed by atoms with Crippen molar-refractivity contribution in [2.24, 2.45) is 0 Å². The Bertz CT molecular complexity index is 855. The van der Waals surface area contributed by atoms with Crippen molar-refractivity contribution in [3.8, 4) is 11.8 Å². The minimum atomic E-state index is -4.03. The van der Waals surface area contributed by atoms with Gasteiger partial charge in [-0.1, -0.05) is 24.3 Å². The first-order valence-electron chi connectivity index (χ1n) is 6.69. The summed E-state index contributed by atoms with van der Waals surface area (Å²) in [4.78, 5) is 11.4. The second kappa shape index (κ2) is 6.94. The van der Waals surface area contributed by atoms with Gasteiger partial charge in [-0.25, -0.2) is 0 Å². The summed E-state index contributed by atoms with van der Waals surface area (Å²) in [5.74, 6) is -0.311. The number of amides is 1. The van der Waals surface area contributed by atoms with Crippen LogP contribution in [0, 0.1) is 18.3 Å². The lowest BCUT2D eigenvalue weighted by molar-refractivity contribution is -0.115. The number of nitrogens with one attached hydrogen (secondary N) is 1. The highest BCUT2D eigenvalue weighted by Crippen LogP contribution is 2.24. The maximum absolute atomic E-state index is 12.4. The van der Waals surface area contributed by atoms with Gasteiger partial charge in [-0.2, -0.15) is 13.7 Å². The largest absolute Gasteiger partial charge is 0.379 e. The Morgan fingerprint density at radius 1 is 1.22 bits per heavy atom. The minimum Gasteiger partial charge on any atom is -0.379 e. The van der Waals surface area contributed by atoms with E-state index in [9.17, 15) is 13.2 Å². The molecule has 0 aliphatic heterocycles. The molecule has 0 radical (unpaired) electrons. The molecule has 7 heteroatoms. The van der Waals surface area contributed by atoms with Crippen LogP contribution in [0.15, 0.2) is 53.4 Å². The maximum Gasteiger partial charge on any atom is 0.339 e. The van der Waals surface area contributed by atoms with Crippen molar-refractivity contribution < 1.29 is 17.4 Å². The molecule has 0 spiro atoms. The Kier molecular flexibility index (Phi) is 4.98. The quantitative estimate of drug-likeness (QED) is 0.850. The zero-order valence-electron chi connectivity index (χ0n) is 12.3. The third kappa shape index (κ3) is 4.31. The highest BCUT2D eigenvalue weighted by atomic mass is 32.2. The first-order chi connectivity index (χ1) is 10.9. The van der Waals surface area contributed by atoms with Crippen LogP contribution in [0.25, 0.3) is 0 Å². The van der Waals surface area contributed by atoms with Gasteiger partial charge in [-0.15, -0.1) is 0 Å². The fourth-order valence-corrected chi connectivity index (χ4v) is 3.06. The molecule has 118 valence electrons. The van der Waals surface area contributed by atoms with E-state index in [1.807, 2.05) is 0 Å². The molecule has 1 amide bonds. The van der Waals surface area contributed by atoms with E-state index in [2.05, 4.69) is 5.32 Å². The van der Waals surface area contributed by atoms with Gasteiger partial charge in [0, 0.05) is 5.69 Å². The lowest BCUT2D eigenvalue weighted by Gasteiger charge is -2.11.